The molecule has 0 spiro atoms. The van der Waals surface area contributed by atoms with E-state index in [1.807, 2.05) is 4.90 Å². The van der Waals surface area contributed by atoms with Gasteiger partial charge >= 0.3 is 6.09 Å². The van der Waals surface area contributed by atoms with Gasteiger partial charge in [0.25, 0.3) is 0 Å². The molecule has 0 bridgehead atoms. The Hall–Kier alpha value is -0.770. The number of amides is 1. The molecular weight excluding hydrogens is 216 g/mol. The minimum Gasteiger partial charge on any atom is -0.444 e. The fourth-order valence-corrected chi connectivity index (χ4v) is 2.73. The highest BCUT2D eigenvalue weighted by Gasteiger charge is 2.27. The highest BCUT2D eigenvalue weighted by atomic mass is 16.6. The standard InChI is InChI=1S/C13H24N2O2/c14-11-7-3-4-8-12(11)17-13(16)15-9-5-1-2-6-10-15/h11-12H,1-10,14H2. The summed E-state index contributed by atoms with van der Waals surface area (Å²) < 4.78 is 5.56. The highest BCUT2D eigenvalue weighted by Crippen LogP contribution is 2.21. The van der Waals surface area contributed by atoms with E-state index in [0.717, 1.165) is 45.2 Å². The van der Waals surface area contributed by atoms with Crippen molar-refractivity contribution in [1.29, 1.82) is 0 Å². The first kappa shape index (κ1) is 12.7. The van der Waals surface area contributed by atoms with Gasteiger partial charge in [0, 0.05) is 19.1 Å². The molecule has 2 N–H and O–H groups in total. The maximum Gasteiger partial charge on any atom is 0.410 e. The molecule has 0 radical (unpaired) electrons. The first-order valence-corrected chi connectivity index (χ1v) is 6.98. The van der Waals surface area contributed by atoms with E-state index >= 15 is 0 Å². The molecule has 2 atom stereocenters. The number of hydrogen-bond acceptors (Lipinski definition) is 3. The zero-order valence-electron chi connectivity index (χ0n) is 10.6. The van der Waals surface area contributed by atoms with Crippen LogP contribution in [-0.2, 0) is 4.74 Å². The van der Waals surface area contributed by atoms with Gasteiger partial charge in [-0.1, -0.05) is 19.3 Å². The predicted molar refractivity (Wildman–Crippen MR) is 66.8 cm³/mol. The Morgan fingerprint density at radius 3 is 2.29 bits per heavy atom. The Labute approximate surface area is 103 Å². The lowest BCUT2D eigenvalue weighted by atomic mass is 9.93. The third-order valence-electron chi connectivity index (χ3n) is 3.87. The van der Waals surface area contributed by atoms with Gasteiger partial charge < -0.3 is 15.4 Å². The van der Waals surface area contributed by atoms with Gasteiger partial charge in [-0.25, -0.2) is 4.79 Å². The summed E-state index contributed by atoms with van der Waals surface area (Å²) in [5.41, 5.74) is 5.99. The third-order valence-corrected chi connectivity index (χ3v) is 3.87. The van der Waals surface area contributed by atoms with E-state index in [4.69, 9.17) is 10.5 Å². The molecule has 1 saturated heterocycles. The highest BCUT2D eigenvalue weighted by molar-refractivity contribution is 5.67. The quantitative estimate of drug-likeness (QED) is 0.765. The van der Waals surface area contributed by atoms with Crippen molar-refractivity contribution in [2.75, 3.05) is 13.1 Å². The molecule has 2 aliphatic rings. The Balaban J connectivity index is 1.82. The first-order chi connectivity index (χ1) is 8.27. The topological polar surface area (TPSA) is 55.6 Å². The predicted octanol–water partition coefficient (Wildman–Crippen LogP) is 2.27. The zero-order chi connectivity index (χ0) is 12.1. The summed E-state index contributed by atoms with van der Waals surface area (Å²) >= 11 is 0. The van der Waals surface area contributed by atoms with Crippen molar-refractivity contribution in [3.8, 4) is 0 Å². The minimum absolute atomic E-state index is 0.0414. The van der Waals surface area contributed by atoms with E-state index in [9.17, 15) is 4.79 Å². The van der Waals surface area contributed by atoms with Gasteiger partial charge in [-0.3, -0.25) is 0 Å². The van der Waals surface area contributed by atoms with Gasteiger partial charge in [0.05, 0.1) is 0 Å². The van der Waals surface area contributed by atoms with Gasteiger partial charge in [-0.05, 0) is 32.1 Å². The third kappa shape index (κ3) is 3.60. The van der Waals surface area contributed by atoms with Crippen LogP contribution in [0.4, 0.5) is 4.79 Å². The van der Waals surface area contributed by atoms with Crippen LogP contribution in [-0.4, -0.2) is 36.2 Å². The number of nitrogens with two attached hydrogens (primary N) is 1. The fraction of sp³-hybridized carbons (Fsp3) is 0.923. The molecule has 0 aromatic carbocycles. The van der Waals surface area contributed by atoms with Crippen LogP contribution in [0.3, 0.4) is 0 Å². The second kappa shape index (κ2) is 6.24. The molecule has 17 heavy (non-hydrogen) atoms. The Kier molecular flexibility index (Phi) is 4.66. The van der Waals surface area contributed by atoms with Crippen molar-refractivity contribution in [2.45, 2.75) is 63.5 Å². The molecule has 2 fully saturated rings. The Morgan fingerprint density at radius 2 is 1.65 bits per heavy atom. The van der Waals surface area contributed by atoms with E-state index in [1.54, 1.807) is 0 Å². The van der Waals surface area contributed by atoms with Crippen molar-refractivity contribution in [3.05, 3.63) is 0 Å². The van der Waals surface area contributed by atoms with Gasteiger partial charge in [0.1, 0.15) is 6.10 Å². The van der Waals surface area contributed by atoms with Crippen LogP contribution in [0.1, 0.15) is 51.4 Å². The van der Waals surface area contributed by atoms with Crippen molar-refractivity contribution in [3.63, 3.8) is 0 Å². The lowest BCUT2D eigenvalue weighted by Gasteiger charge is -2.30. The molecule has 4 nitrogen and oxygen atoms in total. The second-order valence-corrected chi connectivity index (χ2v) is 5.27. The van der Waals surface area contributed by atoms with E-state index in [1.165, 1.54) is 19.3 Å². The number of likely N-dealkylation sites (tertiary alicyclic amines) is 1. The molecule has 2 unspecified atom stereocenters. The minimum atomic E-state index is -0.144. The Bertz CT molecular complexity index is 250. The molecular formula is C13H24N2O2. The van der Waals surface area contributed by atoms with Gasteiger partial charge in [-0.2, -0.15) is 0 Å². The van der Waals surface area contributed by atoms with Gasteiger partial charge in [0.15, 0.2) is 0 Å². The van der Waals surface area contributed by atoms with Crippen LogP contribution in [0.5, 0.6) is 0 Å². The number of carbonyl (C=O) groups is 1. The van der Waals surface area contributed by atoms with Gasteiger partial charge in [-0.15, -0.1) is 0 Å². The summed E-state index contributed by atoms with van der Waals surface area (Å²) in [5, 5.41) is 0. The molecule has 1 aliphatic carbocycles. The molecule has 4 heteroatoms. The fourth-order valence-electron chi connectivity index (χ4n) is 2.73. The van der Waals surface area contributed by atoms with Crippen molar-refractivity contribution in [2.24, 2.45) is 5.73 Å². The monoisotopic (exact) mass is 240 g/mol. The van der Waals surface area contributed by atoms with Crippen LogP contribution in [0.2, 0.25) is 0 Å². The average molecular weight is 240 g/mol. The number of rotatable bonds is 1. The summed E-state index contributed by atoms with van der Waals surface area (Å²) in [7, 11) is 0. The van der Waals surface area contributed by atoms with Crippen molar-refractivity contribution < 1.29 is 9.53 Å². The first-order valence-electron chi connectivity index (χ1n) is 6.98. The molecule has 1 aliphatic heterocycles. The van der Waals surface area contributed by atoms with E-state index in [0.29, 0.717) is 0 Å². The molecule has 98 valence electrons. The summed E-state index contributed by atoms with van der Waals surface area (Å²) in [4.78, 5) is 13.9. The molecule has 0 aromatic heterocycles. The van der Waals surface area contributed by atoms with Crippen LogP contribution in [0.15, 0.2) is 0 Å². The normalized spacial score (nSPS) is 30.8. The maximum atomic E-state index is 12.0. The second-order valence-electron chi connectivity index (χ2n) is 5.27. The summed E-state index contributed by atoms with van der Waals surface area (Å²) in [5.74, 6) is 0. The maximum absolute atomic E-state index is 12.0. The molecule has 1 saturated carbocycles. The summed E-state index contributed by atoms with van der Waals surface area (Å²) in [6, 6.07) is 0.0414. The number of ether oxygens (including phenoxy) is 1. The van der Waals surface area contributed by atoms with E-state index in [2.05, 4.69) is 0 Å². The summed E-state index contributed by atoms with van der Waals surface area (Å²) in [6.07, 6.45) is 8.68. The number of carbonyl (C=O) groups excluding carboxylic acids is 1. The van der Waals surface area contributed by atoms with Crippen LogP contribution >= 0.6 is 0 Å². The smallest absolute Gasteiger partial charge is 0.410 e. The summed E-state index contributed by atoms with van der Waals surface area (Å²) in [6.45, 7) is 1.70. The molecule has 1 heterocycles. The number of hydrogen-bond donors (Lipinski definition) is 1. The Morgan fingerprint density at radius 1 is 1.00 bits per heavy atom. The van der Waals surface area contributed by atoms with Crippen LogP contribution in [0.25, 0.3) is 0 Å². The average Bonchev–Trinajstić information content (AvgIpc) is 2.61. The zero-order valence-corrected chi connectivity index (χ0v) is 10.6. The van der Waals surface area contributed by atoms with Gasteiger partial charge in [0.2, 0.25) is 0 Å². The van der Waals surface area contributed by atoms with E-state index < -0.39 is 0 Å². The van der Waals surface area contributed by atoms with Crippen molar-refractivity contribution in [1.82, 2.24) is 4.90 Å². The SMILES string of the molecule is NC1CCCCC1OC(=O)N1CCCCCC1. The lowest BCUT2D eigenvalue weighted by molar-refractivity contribution is 0.0366. The number of nitrogens with zero attached hydrogens (tertiary/aromatic N) is 1. The molecule has 2 rings (SSSR count). The lowest BCUT2D eigenvalue weighted by Crippen LogP contribution is -2.44. The molecule has 1 amide bonds. The van der Waals surface area contributed by atoms with Crippen LogP contribution in [0, 0.1) is 0 Å². The largest absolute Gasteiger partial charge is 0.444 e. The molecule has 0 aromatic rings. The van der Waals surface area contributed by atoms with Crippen molar-refractivity contribution >= 4 is 6.09 Å². The van der Waals surface area contributed by atoms with Crippen LogP contribution < -0.4 is 5.73 Å². The van der Waals surface area contributed by atoms with E-state index in [-0.39, 0.29) is 18.2 Å².